The number of hydrogen-bond donors (Lipinski definition) is 3. The third-order valence-electron chi connectivity index (χ3n) is 9.67. The van der Waals surface area contributed by atoms with Crippen LogP contribution in [0.1, 0.15) is 51.9 Å². The van der Waals surface area contributed by atoms with Gasteiger partial charge in [0.05, 0.1) is 23.1 Å². The summed E-state index contributed by atoms with van der Waals surface area (Å²) in [4.78, 5) is 32.9. The third-order valence-corrected chi connectivity index (χ3v) is 9.67. The Morgan fingerprint density at radius 3 is 2.40 bits per heavy atom. The van der Waals surface area contributed by atoms with Crippen LogP contribution in [0.5, 0.6) is 23.0 Å². The number of aromatic nitrogens is 1. The molecule has 7 rings (SSSR count). The fourth-order valence-corrected chi connectivity index (χ4v) is 6.43. The second kappa shape index (κ2) is 13.9. The highest BCUT2D eigenvalue weighted by atomic mass is 19.1. The second-order valence-corrected chi connectivity index (χ2v) is 13.5. The average Bonchev–Trinajstić information content (AvgIpc) is 3.92. The van der Waals surface area contributed by atoms with Crippen LogP contribution in [0.15, 0.2) is 66.0 Å². The van der Waals surface area contributed by atoms with Crippen LogP contribution in [0.3, 0.4) is 0 Å². The van der Waals surface area contributed by atoms with Crippen molar-refractivity contribution in [3.05, 3.63) is 71.8 Å². The maximum atomic E-state index is 15.5. The summed E-state index contributed by atoms with van der Waals surface area (Å²) in [7, 11) is 0. The van der Waals surface area contributed by atoms with Crippen molar-refractivity contribution in [2.24, 2.45) is 5.41 Å². The van der Waals surface area contributed by atoms with Gasteiger partial charge in [0.2, 0.25) is 17.6 Å². The minimum Gasteiger partial charge on any atom is -0.489 e. The highest BCUT2D eigenvalue weighted by molar-refractivity contribution is 6.13. The number of nitrogens with zero attached hydrogens (tertiary/aromatic N) is 2. The molecule has 11 nitrogen and oxygen atoms in total. The molecule has 1 saturated heterocycles. The van der Waals surface area contributed by atoms with Crippen LogP contribution in [0, 0.1) is 11.2 Å². The van der Waals surface area contributed by atoms with Crippen molar-refractivity contribution in [1.82, 2.24) is 15.2 Å². The molecule has 2 amide bonds. The van der Waals surface area contributed by atoms with E-state index in [9.17, 15) is 19.1 Å². The van der Waals surface area contributed by atoms with E-state index < -0.39 is 34.5 Å². The molecule has 3 heterocycles. The minimum absolute atomic E-state index is 0.0794. The molecule has 0 atom stereocenters. The van der Waals surface area contributed by atoms with E-state index in [4.69, 9.17) is 18.9 Å². The molecule has 4 aliphatic rings. The number of hydrogen-bond acceptors (Lipinski definition) is 9. The summed E-state index contributed by atoms with van der Waals surface area (Å²) in [5.41, 5.74) is -0.593. The zero-order valence-electron chi connectivity index (χ0n) is 27.9. The topological polar surface area (TPSA) is 131 Å². The Labute approximate surface area is 288 Å². The normalized spacial score (nSPS) is 19.4. The number of anilines is 1. The van der Waals surface area contributed by atoms with Crippen molar-refractivity contribution in [2.45, 2.75) is 57.5 Å². The first kappa shape index (κ1) is 33.7. The lowest BCUT2D eigenvalue weighted by molar-refractivity contribution is -0.133. The standard InChI is InChI=1S/C37H40F2N4O7/c1-36(46)12-16-43(17-13-36)15-2-18-47-30-22-27-31(33-32(30)48-19-20-49-33)29(9-14-40-27)50-28-8-7-25(21-26(28)39)42-35(45)37(10-11-37)34(44)41-24-5-3-23(38)4-6-24/h3-6,9,14,21-22,46H,2,7-8,10-13,15-20H2,1H3,(H,41,44)(H,42,45). The van der Waals surface area contributed by atoms with Gasteiger partial charge in [-0.1, -0.05) is 0 Å². The number of amides is 2. The average molecular weight is 691 g/mol. The van der Waals surface area contributed by atoms with Gasteiger partial charge in [0.1, 0.15) is 36.0 Å². The lowest BCUT2D eigenvalue weighted by atomic mass is 9.94. The van der Waals surface area contributed by atoms with E-state index >= 15 is 4.39 Å². The highest BCUT2D eigenvalue weighted by Crippen LogP contribution is 2.49. The first-order chi connectivity index (χ1) is 24.1. The molecule has 0 radical (unpaired) electrons. The van der Waals surface area contributed by atoms with E-state index in [0.717, 1.165) is 38.9 Å². The van der Waals surface area contributed by atoms with Crippen molar-refractivity contribution in [3.8, 4) is 23.0 Å². The number of nitrogens with one attached hydrogen (secondary N) is 2. The largest absolute Gasteiger partial charge is 0.489 e. The molecule has 264 valence electrons. The van der Waals surface area contributed by atoms with Gasteiger partial charge in [0.25, 0.3) is 0 Å². The van der Waals surface area contributed by atoms with Crippen LogP contribution in [0.25, 0.3) is 10.9 Å². The number of ether oxygens (including phenoxy) is 4. The van der Waals surface area contributed by atoms with Gasteiger partial charge in [-0.25, -0.2) is 8.78 Å². The van der Waals surface area contributed by atoms with E-state index in [1.807, 2.05) is 6.92 Å². The van der Waals surface area contributed by atoms with Crippen molar-refractivity contribution < 1.29 is 42.4 Å². The first-order valence-electron chi connectivity index (χ1n) is 17.0. The molecule has 3 N–H and O–H groups in total. The summed E-state index contributed by atoms with van der Waals surface area (Å²) >= 11 is 0. The lowest BCUT2D eigenvalue weighted by Gasteiger charge is -2.35. The fraction of sp³-hybridized carbons (Fsp3) is 0.432. The van der Waals surface area contributed by atoms with Gasteiger partial charge < -0.3 is 39.6 Å². The lowest BCUT2D eigenvalue weighted by Crippen LogP contribution is -2.42. The van der Waals surface area contributed by atoms with E-state index in [1.54, 1.807) is 18.3 Å². The van der Waals surface area contributed by atoms with Gasteiger partial charge in [0.15, 0.2) is 17.3 Å². The zero-order valence-corrected chi connectivity index (χ0v) is 27.9. The van der Waals surface area contributed by atoms with Crippen LogP contribution in [-0.4, -0.2) is 71.9 Å². The van der Waals surface area contributed by atoms with Gasteiger partial charge in [-0.3, -0.25) is 14.6 Å². The summed E-state index contributed by atoms with van der Waals surface area (Å²) in [5, 5.41) is 16.1. The quantitative estimate of drug-likeness (QED) is 0.176. The fourth-order valence-electron chi connectivity index (χ4n) is 6.43. The molecule has 2 aliphatic carbocycles. The number of allylic oxidation sites excluding steroid dienone is 4. The molecule has 1 saturated carbocycles. The SMILES string of the molecule is CC1(O)CCN(CCCOc2cc3nccc(OC4=C(F)C=C(NC(=O)C5(C(=O)Nc6ccc(F)cc6)CC5)CC4)c3c3c2OCCO3)CC1. The van der Waals surface area contributed by atoms with Gasteiger partial charge in [-0.2, -0.15) is 0 Å². The van der Waals surface area contributed by atoms with Crippen LogP contribution >= 0.6 is 0 Å². The predicted octanol–water partition coefficient (Wildman–Crippen LogP) is 5.53. The summed E-state index contributed by atoms with van der Waals surface area (Å²) in [6.07, 6.45) is 6.22. The Morgan fingerprint density at radius 2 is 1.68 bits per heavy atom. The number of halogens is 2. The maximum Gasteiger partial charge on any atom is 0.240 e. The Balaban J connectivity index is 1.02. The van der Waals surface area contributed by atoms with Crippen LogP contribution in [0.2, 0.25) is 0 Å². The Morgan fingerprint density at radius 1 is 0.960 bits per heavy atom. The molecule has 0 spiro atoms. The summed E-state index contributed by atoms with van der Waals surface area (Å²) < 4.78 is 53.0. The van der Waals surface area contributed by atoms with E-state index in [-0.39, 0.29) is 18.6 Å². The number of aliphatic hydroxyl groups is 1. The highest BCUT2D eigenvalue weighted by Gasteiger charge is 2.56. The Bertz CT molecular complexity index is 1850. The Kier molecular flexibility index (Phi) is 9.36. The van der Waals surface area contributed by atoms with E-state index in [2.05, 4.69) is 20.5 Å². The van der Waals surface area contributed by atoms with Crippen molar-refractivity contribution in [2.75, 3.05) is 44.8 Å². The molecule has 3 aromatic rings. The molecule has 13 heteroatoms. The number of pyridine rings is 1. The second-order valence-electron chi connectivity index (χ2n) is 13.5. The number of rotatable bonds is 11. The molecular weight excluding hydrogens is 650 g/mol. The van der Waals surface area contributed by atoms with Crippen LogP contribution < -0.4 is 29.6 Å². The number of carbonyl (C=O) groups excluding carboxylic acids is 2. The molecule has 1 aromatic heterocycles. The summed E-state index contributed by atoms with van der Waals surface area (Å²) in [5.74, 6) is -0.307. The summed E-state index contributed by atoms with van der Waals surface area (Å²) in [6, 6.07) is 8.70. The van der Waals surface area contributed by atoms with Gasteiger partial charge in [0, 0.05) is 49.7 Å². The van der Waals surface area contributed by atoms with Gasteiger partial charge >= 0.3 is 0 Å². The molecule has 2 aliphatic heterocycles. The predicted molar refractivity (Wildman–Crippen MR) is 180 cm³/mol. The Hall–Kier alpha value is -4.75. The third kappa shape index (κ3) is 7.24. The molecule has 2 aromatic carbocycles. The maximum absolute atomic E-state index is 15.5. The molecule has 0 bridgehead atoms. The number of carbonyl (C=O) groups is 2. The van der Waals surface area contributed by atoms with Gasteiger partial charge in [-0.05, 0) is 81.9 Å². The monoisotopic (exact) mass is 690 g/mol. The first-order valence-corrected chi connectivity index (χ1v) is 17.0. The number of fused-ring (bicyclic) bond motifs is 3. The van der Waals surface area contributed by atoms with E-state index in [0.29, 0.717) is 77.9 Å². The summed E-state index contributed by atoms with van der Waals surface area (Å²) in [6.45, 7) is 5.54. The van der Waals surface area contributed by atoms with Crippen molar-refractivity contribution in [3.63, 3.8) is 0 Å². The van der Waals surface area contributed by atoms with Crippen molar-refractivity contribution in [1.29, 1.82) is 0 Å². The zero-order chi connectivity index (χ0) is 34.9. The number of benzene rings is 2. The van der Waals surface area contributed by atoms with E-state index in [1.165, 1.54) is 30.3 Å². The number of piperidine rings is 1. The van der Waals surface area contributed by atoms with Crippen molar-refractivity contribution >= 4 is 28.4 Å². The molecule has 50 heavy (non-hydrogen) atoms. The smallest absolute Gasteiger partial charge is 0.240 e. The molecular formula is C37H40F2N4O7. The molecule has 2 fully saturated rings. The minimum atomic E-state index is -1.26. The molecule has 0 unspecified atom stereocenters. The van der Waals surface area contributed by atoms with Gasteiger partial charge in [-0.15, -0.1) is 0 Å². The van der Waals surface area contributed by atoms with Crippen LogP contribution in [0.4, 0.5) is 14.5 Å². The number of likely N-dealkylation sites (tertiary alicyclic amines) is 1. The van der Waals surface area contributed by atoms with Crippen LogP contribution in [-0.2, 0) is 9.59 Å².